The highest BCUT2D eigenvalue weighted by molar-refractivity contribution is 5.90. The smallest absolute Gasteiger partial charge is 0.291 e. The largest absolute Gasteiger partial charge is 0.381 e. The van der Waals surface area contributed by atoms with Crippen molar-refractivity contribution in [3.8, 4) is 0 Å². The minimum atomic E-state index is -0.0428. The van der Waals surface area contributed by atoms with Crippen molar-refractivity contribution in [1.82, 2.24) is 14.9 Å². The normalized spacial score (nSPS) is 29.8. The maximum Gasteiger partial charge on any atom is 0.291 e. The van der Waals surface area contributed by atoms with Crippen molar-refractivity contribution < 1.29 is 14.3 Å². The van der Waals surface area contributed by atoms with Crippen molar-refractivity contribution in [2.75, 3.05) is 39.5 Å². The van der Waals surface area contributed by atoms with Gasteiger partial charge in [0.2, 0.25) is 5.82 Å². The molecule has 6 nitrogen and oxygen atoms in total. The summed E-state index contributed by atoms with van der Waals surface area (Å²) in [6.07, 6.45) is 9.06. The van der Waals surface area contributed by atoms with Crippen molar-refractivity contribution >= 4 is 5.91 Å². The van der Waals surface area contributed by atoms with E-state index in [2.05, 4.69) is 9.97 Å². The number of nitrogens with zero attached hydrogens (tertiary/aromatic N) is 3. The Morgan fingerprint density at radius 2 is 2.08 bits per heavy atom. The topological polar surface area (TPSA) is 64.6 Å². The number of fused-ring (bicyclic) bond motifs is 1. The zero-order valence-electron chi connectivity index (χ0n) is 14.7. The number of rotatable bonds is 5. The van der Waals surface area contributed by atoms with Gasteiger partial charge in [-0.15, -0.1) is 0 Å². The Morgan fingerprint density at radius 1 is 1.28 bits per heavy atom. The number of hydrogen-bond acceptors (Lipinski definition) is 5. The van der Waals surface area contributed by atoms with Crippen LogP contribution in [0.2, 0.25) is 0 Å². The number of carbonyl (C=O) groups excluding carboxylic acids is 1. The van der Waals surface area contributed by atoms with E-state index >= 15 is 0 Å². The number of carbonyl (C=O) groups is 1. The maximum atomic E-state index is 12.7. The SMILES string of the molecule is O=C(c1ncccn1)N1C[C@@H]2CCC[C@]2(COCC2CCOCC2)C1. The van der Waals surface area contributed by atoms with Crippen LogP contribution in [-0.4, -0.2) is 60.3 Å². The summed E-state index contributed by atoms with van der Waals surface area (Å²) in [6.45, 7) is 4.92. The second kappa shape index (κ2) is 7.38. The molecule has 0 spiro atoms. The predicted octanol–water partition coefficient (Wildman–Crippen LogP) is 2.16. The molecule has 1 aromatic rings. The highest BCUT2D eigenvalue weighted by atomic mass is 16.5. The highest BCUT2D eigenvalue weighted by Crippen LogP contribution is 2.49. The minimum absolute atomic E-state index is 0.0428. The van der Waals surface area contributed by atoms with Crippen LogP contribution >= 0.6 is 0 Å². The Hall–Kier alpha value is -1.53. The van der Waals surface area contributed by atoms with Gasteiger partial charge >= 0.3 is 0 Å². The number of ether oxygens (including phenoxy) is 2. The molecule has 6 heteroatoms. The van der Waals surface area contributed by atoms with Crippen LogP contribution in [0.3, 0.4) is 0 Å². The molecular formula is C19H27N3O3. The number of hydrogen-bond donors (Lipinski definition) is 0. The third kappa shape index (κ3) is 3.55. The maximum absolute atomic E-state index is 12.7. The molecule has 3 aliphatic rings. The summed E-state index contributed by atoms with van der Waals surface area (Å²) < 4.78 is 11.6. The van der Waals surface area contributed by atoms with Crippen molar-refractivity contribution in [2.24, 2.45) is 17.3 Å². The lowest BCUT2D eigenvalue weighted by molar-refractivity contribution is -0.0124. The summed E-state index contributed by atoms with van der Waals surface area (Å²) in [7, 11) is 0. The Bertz CT molecular complexity index is 591. The second-order valence-electron chi connectivity index (χ2n) is 7.78. The molecular weight excluding hydrogens is 318 g/mol. The van der Waals surface area contributed by atoms with Gasteiger partial charge in [0, 0.05) is 50.7 Å². The number of likely N-dealkylation sites (tertiary alicyclic amines) is 1. The van der Waals surface area contributed by atoms with Gasteiger partial charge in [-0.05, 0) is 43.6 Å². The third-order valence-electron chi connectivity index (χ3n) is 6.17. The Labute approximate surface area is 148 Å². The van der Waals surface area contributed by atoms with E-state index < -0.39 is 0 Å². The monoisotopic (exact) mass is 345 g/mol. The first-order chi connectivity index (χ1) is 12.3. The Morgan fingerprint density at radius 3 is 2.88 bits per heavy atom. The van der Waals surface area contributed by atoms with E-state index in [1.54, 1.807) is 18.5 Å². The fourth-order valence-corrected chi connectivity index (χ4v) is 4.70. The van der Waals surface area contributed by atoms with Gasteiger partial charge in [0.25, 0.3) is 5.91 Å². The van der Waals surface area contributed by atoms with Gasteiger partial charge in [0.15, 0.2) is 0 Å². The first kappa shape index (κ1) is 16.9. The van der Waals surface area contributed by atoms with E-state index in [9.17, 15) is 4.79 Å². The van der Waals surface area contributed by atoms with E-state index in [1.165, 1.54) is 12.8 Å². The van der Waals surface area contributed by atoms with E-state index in [1.807, 2.05) is 4.90 Å². The standard InChI is InChI=1S/C19H27N3O3/c23-18(17-20-7-2-8-21-17)22-11-16-3-1-6-19(16,13-22)14-25-12-15-4-9-24-10-5-15/h2,7-8,15-16H,1,3-6,9-14H2/t16-,19+/m0/s1. The first-order valence-electron chi connectivity index (χ1n) is 9.49. The van der Waals surface area contributed by atoms with Gasteiger partial charge in [-0.1, -0.05) is 6.42 Å². The van der Waals surface area contributed by atoms with E-state index in [0.717, 1.165) is 58.8 Å². The van der Waals surface area contributed by atoms with Crippen LogP contribution in [-0.2, 0) is 9.47 Å². The molecule has 2 aliphatic heterocycles. The molecule has 136 valence electrons. The molecule has 0 N–H and O–H groups in total. The van der Waals surface area contributed by atoms with Crippen LogP contribution in [0.25, 0.3) is 0 Å². The lowest BCUT2D eigenvalue weighted by atomic mass is 9.81. The van der Waals surface area contributed by atoms with Crippen LogP contribution in [0.15, 0.2) is 18.5 Å². The lowest BCUT2D eigenvalue weighted by Gasteiger charge is -2.30. The highest BCUT2D eigenvalue weighted by Gasteiger charge is 2.51. The van der Waals surface area contributed by atoms with Gasteiger partial charge in [-0.25, -0.2) is 9.97 Å². The minimum Gasteiger partial charge on any atom is -0.381 e. The molecule has 3 heterocycles. The third-order valence-corrected chi connectivity index (χ3v) is 6.17. The van der Waals surface area contributed by atoms with Gasteiger partial charge in [0.1, 0.15) is 0 Å². The molecule has 1 aliphatic carbocycles. The average molecular weight is 345 g/mol. The molecule has 1 aromatic heterocycles. The number of aromatic nitrogens is 2. The Kier molecular flexibility index (Phi) is 4.99. The van der Waals surface area contributed by atoms with Crippen LogP contribution < -0.4 is 0 Å². The van der Waals surface area contributed by atoms with Crippen LogP contribution in [0.1, 0.15) is 42.7 Å². The first-order valence-corrected chi connectivity index (χ1v) is 9.49. The molecule has 2 atom stereocenters. The van der Waals surface area contributed by atoms with Crippen LogP contribution in [0.4, 0.5) is 0 Å². The summed E-state index contributed by atoms with van der Waals surface area (Å²) >= 11 is 0. The lowest BCUT2D eigenvalue weighted by Crippen LogP contribution is -2.36. The zero-order valence-corrected chi connectivity index (χ0v) is 14.7. The van der Waals surface area contributed by atoms with Gasteiger partial charge < -0.3 is 14.4 Å². The van der Waals surface area contributed by atoms with Gasteiger partial charge in [-0.2, -0.15) is 0 Å². The summed E-state index contributed by atoms with van der Waals surface area (Å²) in [4.78, 5) is 22.9. The quantitative estimate of drug-likeness (QED) is 0.818. The summed E-state index contributed by atoms with van der Waals surface area (Å²) in [5, 5.41) is 0. The van der Waals surface area contributed by atoms with E-state index in [-0.39, 0.29) is 11.3 Å². The van der Waals surface area contributed by atoms with Crippen LogP contribution in [0.5, 0.6) is 0 Å². The van der Waals surface area contributed by atoms with Crippen molar-refractivity contribution in [2.45, 2.75) is 32.1 Å². The molecule has 4 rings (SSSR count). The summed E-state index contributed by atoms with van der Waals surface area (Å²) in [5.74, 6) is 1.44. The molecule has 1 saturated carbocycles. The molecule has 25 heavy (non-hydrogen) atoms. The molecule has 0 bridgehead atoms. The van der Waals surface area contributed by atoms with E-state index in [4.69, 9.17) is 9.47 Å². The molecule has 0 unspecified atom stereocenters. The molecule has 2 saturated heterocycles. The fourth-order valence-electron chi connectivity index (χ4n) is 4.70. The summed E-state index contributed by atoms with van der Waals surface area (Å²) in [6, 6.07) is 1.74. The number of amides is 1. The van der Waals surface area contributed by atoms with E-state index in [0.29, 0.717) is 17.7 Å². The molecule has 1 amide bonds. The zero-order chi connectivity index (χ0) is 17.1. The average Bonchev–Trinajstić information content (AvgIpc) is 3.20. The second-order valence-corrected chi connectivity index (χ2v) is 7.78. The Balaban J connectivity index is 1.36. The van der Waals surface area contributed by atoms with Gasteiger partial charge in [-0.3, -0.25) is 4.79 Å². The molecule has 0 aromatic carbocycles. The predicted molar refractivity (Wildman–Crippen MR) is 92.1 cm³/mol. The summed E-state index contributed by atoms with van der Waals surface area (Å²) in [5.41, 5.74) is 0.135. The van der Waals surface area contributed by atoms with Crippen molar-refractivity contribution in [1.29, 1.82) is 0 Å². The molecule has 3 fully saturated rings. The fraction of sp³-hybridized carbons (Fsp3) is 0.737. The van der Waals surface area contributed by atoms with Crippen LogP contribution in [0, 0.1) is 17.3 Å². The van der Waals surface area contributed by atoms with Crippen molar-refractivity contribution in [3.63, 3.8) is 0 Å². The van der Waals surface area contributed by atoms with Gasteiger partial charge in [0.05, 0.1) is 6.61 Å². The van der Waals surface area contributed by atoms with Crippen molar-refractivity contribution in [3.05, 3.63) is 24.3 Å². The molecule has 0 radical (unpaired) electrons.